The number of amides is 1. The van der Waals surface area contributed by atoms with Gasteiger partial charge in [0.05, 0.1) is 12.6 Å². The van der Waals surface area contributed by atoms with Gasteiger partial charge in [0.1, 0.15) is 17.9 Å². The molecule has 0 saturated carbocycles. The van der Waals surface area contributed by atoms with Crippen LogP contribution < -0.4 is 15.0 Å². The molecule has 3 aliphatic heterocycles. The second-order valence-corrected chi connectivity index (χ2v) is 11.5. The van der Waals surface area contributed by atoms with Crippen LogP contribution in [0.4, 0.5) is 15.9 Å². The molecule has 8 heteroatoms. The molecule has 1 amide bonds. The smallest absolute Gasteiger partial charge is 0.228 e. The van der Waals surface area contributed by atoms with Crippen molar-refractivity contribution in [2.75, 3.05) is 36.4 Å². The van der Waals surface area contributed by atoms with Crippen LogP contribution in [0.5, 0.6) is 11.5 Å². The number of likely N-dealkylation sites (tertiary alicyclic amines) is 1. The number of fused-ring (bicyclic) bond motifs is 1. The molecule has 4 heterocycles. The molecule has 0 aliphatic carbocycles. The fourth-order valence-electron chi connectivity index (χ4n) is 6.22. The number of nitrogens with zero attached hydrogens (tertiary/aromatic N) is 4. The first-order valence-electron chi connectivity index (χ1n) is 13.5. The number of carbonyl (C=O) groups is 1. The summed E-state index contributed by atoms with van der Waals surface area (Å²) in [5, 5.41) is 2.97. The number of carbonyl (C=O) groups excluding carboxylic acids is 1. The van der Waals surface area contributed by atoms with Crippen LogP contribution in [0.15, 0.2) is 48.9 Å². The van der Waals surface area contributed by atoms with Crippen molar-refractivity contribution in [2.24, 2.45) is 11.3 Å². The predicted molar refractivity (Wildman–Crippen MR) is 145 cm³/mol. The van der Waals surface area contributed by atoms with Crippen molar-refractivity contribution in [1.82, 2.24) is 14.9 Å². The number of hydrogen-bond donors (Lipinski definition) is 1. The Bertz CT molecular complexity index is 1360. The van der Waals surface area contributed by atoms with E-state index in [0.717, 1.165) is 74.6 Å². The quantitative estimate of drug-likeness (QED) is 0.466. The Hall–Kier alpha value is -3.52. The lowest BCUT2D eigenvalue weighted by atomic mass is 9.86. The van der Waals surface area contributed by atoms with E-state index in [9.17, 15) is 9.18 Å². The molecule has 2 aromatic carbocycles. The topological polar surface area (TPSA) is 70.6 Å². The summed E-state index contributed by atoms with van der Waals surface area (Å²) in [5.41, 5.74) is 4.35. The van der Waals surface area contributed by atoms with E-state index in [0.29, 0.717) is 23.8 Å². The van der Waals surface area contributed by atoms with E-state index >= 15 is 0 Å². The van der Waals surface area contributed by atoms with Gasteiger partial charge < -0.3 is 15.0 Å². The highest BCUT2D eigenvalue weighted by atomic mass is 19.1. The number of rotatable bonds is 7. The van der Waals surface area contributed by atoms with Gasteiger partial charge in [-0.2, -0.15) is 0 Å². The van der Waals surface area contributed by atoms with Crippen LogP contribution >= 0.6 is 0 Å². The first-order chi connectivity index (χ1) is 18.4. The SMILES string of the molecule is CC(C)Cc1cc(F)ccc1Oc1cncnc1N1CCC2(CCN(Cc3ccc4c(c3)NC(=O)C4)C2)C1. The molecular weight excluding hydrogens is 481 g/mol. The minimum Gasteiger partial charge on any atom is -0.452 e. The van der Waals surface area contributed by atoms with Gasteiger partial charge in [-0.05, 0) is 72.7 Å². The highest BCUT2D eigenvalue weighted by Crippen LogP contribution is 2.43. The van der Waals surface area contributed by atoms with Gasteiger partial charge in [0.25, 0.3) is 0 Å². The number of nitrogens with one attached hydrogen (secondary N) is 1. The standard InChI is InChI=1S/C30H34FN5O2/c1-20(2)11-23-13-24(31)5-6-26(23)38-27-15-32-19-33-29(27)36-10-8-30(18-36)7-9-35(17-30)16-21-3-4-22-14-28(37)34-25(22)12-21/h3-6,12-13,15,19-20H,7-11,14,16-18H2,1-2H3,(H,34,37). The number of hydrogen-bond acceptors (Lipinski definition) is 6. The Morgan fingerprint density at radius 1 is 1.11 bits per heavy atom. The molecule has 1 aromatic heterocycles. The molecule has 6 rings (SSSR count). The van der Waals surface area contributed by atoms with Crippen molar-refractivity contribution in [2.45, 2.75) is 46.1 Å². The first kappa shape index (κ1) is 24.8. The Balaban J connectivity index is 1.14. The maximum absolute atomic E-state index is 14.0. The zero-order valence-corrected chi connectivity index (χ0v) is 22.0. The molecule has 198 valence electrons. The summed E-state index contributed by atoms with van der Waals surface area (Å²) in [6, 6.07) is 11.1. The third kappa shape index (κ3) is 5.10. The Kier molecular flexibility index (Phi) is 6.51. The fourth-order valence-corrected chi connectivity index (χ4v) is 6.22. The molecule has 3 aromatic rings. The van der Waals surface area contributed by atoms with E-state index in [2.05, 4.69) is 57.1 Å². The largest absolute Gasteiger partial charge is 0.452 e. The lowest BCUT2D eigenvalue weighted by Crippen LogP contribution is -2.31. The summed E-state index contributed by atoms with van der Waals surface area (Å²) in [7, 11) is 0. The van der Waals surface area contributed by atoms with Gasteiger partial charge in [-0.3, -0.25) is 9.69 Å². The Morgan fingerprint density at radius 2 is 1.97 bits per heavy atom. The molecule has 0 radical (unpaired) electrons. The van der Waals surface area contributed by atoms with E-state index in [1.807, 2.05) is 0 Å². The van der Waals surface area contributed by atoms with Gasteiger partial charge in [-0.15, -0.1) is 0 Å². The average molecular weight is 516 g/mol. The molecule has 1 unspecified atom stereocenters. The van der Waals surface area contributed by atoms with Gasteiger partial charge >= 0.3 is 0 Å². The number of benzene rings is 2. The fraction of sp³-hybridized carbons (Fsp3) is 0.433. The highest BCUT2D eigenvalue weighted by Gasteiger charge is 2.44. The van der Waals surface area contributed by atoms with Crippen LogP contribution in [-0.4, -0.2) is 47.0 Å². The minimum atomic E-state index is -0.255. The molecule has 2 fully saturated rings. The van der Waals surface area contributed by atoms with Crippen LogP contribution in [0.1, 0.15) is 43.4 Å². The lowest BCUT2D eigenvalue weighted by molar-refractivity contribution is -0.115. The monoisotopic (exact) mass is 515 g/mol. The third-order valence-electron chi connectivity index (χ3n) is 7.99. The van der Waals surface area contributed by atoms with E-state index in [4.69, 9.17) is 4.74 Å². The summed E-state index contributed by atoms with van der Waals surface area (Å²) in [5.74, 6) is 2.26. The Labute approximate surface area is 223 Å². The summed E-state index contributed by atoms with van der Waals surface area (Å²) in [4.78, 5) is 25.4. The van der Waals surface area contributed by atoms with Gasteiger partial charge in [0, 0.05) is 37.3 Å². The van der Waals surface area contributed by atoms with Crippen molar-refractivity contribution in [3.05, 3.63) is 71.4 Å². The average Bonchev–Trinajstić information content (AvgIpc) is 3.58. The lowest BCUT2D eigenvalue weighted by Gasteiger charge is -2.26. The zero-order valence-electron chi connectivity index (χ0n) is 22.0. The van der Waals surface area contributed by atoms with Gasteiger partial charge in [0.2, 0.25) is 5.91 Å². The second-order valence-electron chi connectivity index (χ2n) is 11.5. The van der Waals surface area contributed by atoms with Gasteiger partial charge in [-0.25, -0.2) is 14.4 Å². The number of aromatic nitrogens is 2. The van der Waals surface area contributed by atoms with Crippen molar-refractivity contribution in [3.8, 4) is 11.5 Å². The normalized spacial score (nSPS) is 20.9. The maximum Gasteiger partial charge on any atom is 0.228 e. The van der Waals surface area contributed by atoms with Crippen molar-refractivity contribution in [1.29, 1.82) is 0 Å². The zero-order chi connectivity index (χ0) is 26.3. The van der Waals surface area contributed by atoms with E-state index in [1.165, 1.54) is 11.6 Å². The van der Waals surface area contributed by atoms with E-state index in [1.54, 1.807) is 24.7 Å². The van der Waals surface area contributed by atoms with E-state index in [-0.39, 0.29) is 17.1 Å². The van der Waals surface area contributed by atoms with Crippen LogP contribution in [0, 0.1) is 17.2 Å². The third-order valence-corrected chi connectivity index (χ3v) is 7.99. The Morgan fingerprint density at radius 3 is 2.84 bits per heavy atom. The van der Waals surface area contributed by atoms with E-state index < -0.39 is 0 Å². The number of anilines is 2. The molecule has 1 spiro atoms. The van der Waals surface area contributed by atoms with Crippen molar-refractivity contribution < 1.29 is 13.9 Å². The molecule has 0 bridgehead atoms. The molecule has 1 atom stereocenters. The summed E-state index contributed by atoms with van der Waals surface area (Å²) >= 11 is 0. The number of halogens is 1. The van der Waals surface area contributed by atoms with Crippen LogP contribution in [0.3, 0.4) is 0 Å². The molecule has 7 nitrogen and oxygen atoms in total. The minimum absolute atomic E-state index is 0.0759. The first-order valence-corrected chi connectivity index (χ1v) is 13.5. The van der Waals surface area contributed by atoms with Crippen molar-refractivity contribution >= 4 is 17.4 Å². The molecular formula is C30H34FN5O2. The number of ether oxygens (including phenoxy) is 1. The van der Waals surface area contributed by atoms with Crippen LogP contribution in [0.25, 0.3) is 0 Å². The molecule has 2 saturated heterocycles. The molecule has 3 aliphatic rings. The van der Waals surface area contributed by atoms with Crippen molar-refractivity contribution in [3.63, 3.8) is 0 Å². The van der Waals surface area contributed by atoms with Gasteiger partial charge in [-0.1, -0.05) is 26.0 Å². The maximum atomic E-state index is 14.0. The summed E-state index contributed by atoms with van der Waals surface area (Å²) in [6.07, 6.45) is 6.73. The molecule has 1 N–H and O–H groups in total. The highest BCUT2D eigenvalue weighted by molar-refractivity contribution is 5.99. The van der Waals surface area contributed by atoms with Crippen LogP contribution in [0.2, 0.25) is 0 Å². The predicted octanol–water partition coefficient (Wildman–Crippen LogP) is 5.20. The van der Waals surface area contributed by atoms with Gasteiger partial charge in [0.15, 0.2) is 11.6 Å². The molecule has 38 heavy (non-hydrogen) atoms. The summed E-state index contributed by atoms with van der Waals surface area (Å²) in [6.45, 7) is 9.03. The van der Waals surface area contributed by atoms with Crippen LogP contribution in [-0.2, 0) is 24.2 Å². The summed E-state index contributed by atoms with van der Waals surface area (Å²) < 4.78 is 20.3. The second kappa shape index (κ2) is 9.98.